The van der Waals surface area contributed by atoms with Gasteiger partial charge in [0.25, 0.3) is 0 Å². The number of hydrogen-bond donors (Lipinski definition) is 0. The van der Waals surface area contributed by atoms with Gasteiger partial charge in [0, 0.05) is 22.3 Å². The molecule has 0 amide bonds. The van der Waals surface area contributed by atoms with Gasteiger partial charge in [-0.1, -0.05) is 88.4 Å². The lowest BCUT2D eigenvalue weighted by molar-refractivity contribution is 0.0978. The van der Waals surface area contributed by atoms with E-state index in [4.69, 9.17) is 0 Å². The molecule has 2 heteroatoms. The summed E-state index contributed by atoms with van der Waals surface area (Å²) in [4.78, 5) is 25.9. The molecule has 0 fully saturated rings. The molecule has 1 aliphatic carbocycles. The van der Waals surface area contributed by atoms with Gasteiger partial charge in [-0.25, -0.2) is 0 Å². The number of carbonyl (C=O) groups is 2. The van der Waals surface area contributed by atoms with E-state index >= 15 is 0 Å². The van der Waals surface area contributed by atoms with Crippen LogP contribution in [-0.4, -0.2) is 11.6 Å². The summed E-state index contributed by atoms with van der Waals surface area (Å²) in [7, 11) is 0. The second kappa shape index (κ2) is 7.77. The summed E-state index contributed by atoms with van der Waals surface area (Å²) in [5.41, 5.74) is 3.33. The van der Waals surface area contributed by atoms with Crippen molar-refractivity contribution in [3.63, 3.8) is 0 Å². The topological polar surface area (TPSA) is 34.1 Å². The number of unbranched alkanes of at least 4 members (excludes halogenated alkanes) is 2. The molecule has 0 heterocycles. The summed E-state index contributed by atoms with van der Waals surface area (Å²) >= 11 is 0. The Hall–Kier alpha value is -2.22. The monoisotopic (exact) mass is 334 g/mol. The number of benzene rings is 2. The third-order valence-electron chi connectivity index (χ3n) is 5.34. The molecule has 1 unspecified atom stereocenters. The molecule has 0 aliphatic heterocycles. The molecular weight excluding hydrogens is 308 g/mol. The van der Waals surface area contributed by atoms with Crippen LogP contribution in [0.3, 0.4) is 0 Å². The third kappa shape index (κ3) is 3.44. The number of rotatable bonds is 7. The van der Waals surface area contributed by atoms with Crippen LogP contribution in [0.4, 0.5) is 0 Å². The van der Waals surface area contributed by atoms with E-state index in [0.717, 1.165) is 18.4 Å². The SMILES string of the molecule is CCCCCC(CC)Cc1cccc2c1C(=O)c1ccccc1C2=O. The molecule has 1 atom stereocenters. The highest BCUT2D eigenvalue weighted by Crippen LogP contribution is 2.31. The molecule has 2 nitrogen and oxygen atoms in total. The first-order chi connectivity index (χ1) is 12.2. The molecule has 25 heavy (non-hydrogen) atoms. The first-order valence-corrected chi connectivity index (χ1v) is 9.47. The predicted molar refractivity (Wildman–Crippen MR) is 101 cm³/mol. The second-order valence-corrected chi connectivity index (χ2v) is 7.02. The minimum Gasteiger partial charge on any atom is -0.289 e. The maximum atomic E-state index is 13.1. The Balaban J connectivity index is 1.94. The molecule has 0 N–H and O–H groups in total. The summed E-state index contributed by atoms with van der Waals surface area (Å²) < 4.78 is 0. The van der Waals surface area contributed by atoms with Crippen molar-refractivity contribution in [2.75, 3.05) is 0 Å². The van der Waals surface area contributed by atoms with Crippen molar-refractivity contribution < 1.29 is 9.59 Å². The smallest absolute Gasteiger partial charge is 0.194 e. The Labute approximate surface area is 150 Å². The molecule has 3 rings (SSSR count). The van der Waals surface area contributed by atoms with Crippen LogP contribution in [-0.2, 0) is 6.42 Å². The Morgan fingerprint density at radius 2 is 1.48 bits per heavy atom. The lowest BCUT2D eigenvalue weighted by Crippen LogP contribution is -2.23. The molecule has 130 valence electrons. The Morgan fingerprint density at radius 1 is 0.800 bits per heavy atom. The van der Waals surface area contributed by atoms with Gasteiger partial charge in [0.15, 0.2) is 11.6 Å². The molecule has 0 radical (unpaired) electrons. The second-order valence-electron chi connectivity index (χ2n) is 7.02. The van der Waals surface area contributed by atoms with Crippen molar-refractivity contribution in [1.82, 2.24) is 0 Å². The van der Waals surface area contributed by atoms with E-state index in [1.165, 1.54) is 25.7 Å². The fourth-order valence-corrected chi connectivity index (χ4v) is 3.83. The fourth-order valence-electron chi connectivity index (χ4n) is 3.83. The van der Waals surface area contributed by atoms with Crippen molar-refractivity contribution >= 4 is 11.6 Å². The Morgan fingerprint density at radius 3 is 2.16 bits per heavy atom. The Kier molecular flexibility index (Phi) is 5.47. The van der Waals surface area contributed by atoms with Gasteiger partial charge in [-0.05, 0) is 17.9 Å². The third-order valence-corrected chi connectivity index (χ3v) is 5.34. The molecule has 1 aliphatic rings. The number of fused-ring (bicyclic) bond motifs is 2. The summed E-state index contributed by atoms with van der Waals surface area (Å²) in [5, 5.41) is 0. The van der Waals surface area contributed by atoms with Crippen molar-refractivity contribution in [1.29, 1.82) is 0 Å². The van der Waals surface area contributed by atoms with Gasteiger partial charge >= 0.3 is 0 Å². The summed E-state index contributed by atoms with van der Waals surface area (Å²) in [6.45, 7) is 4.44. The highest BCUT2D eigenvalue weighted by Gasteiger charge is 2.31. The summed E-state index contributed by atoms with van der Waals surface area (Å²) in [6.07, 6.45) is 6.89. The number of ketones is 2. The lowest BCUT2D eigenvalue weighted by atomic mass is 9.79. The van der Waals surface area contributed by atoms with E-state index < -0.39 is 0 Å². The van der Waals surface area contributed by atoms with Crippen LogP contribution in [0.15, 0.2) is 42.5 Å². The quantitative estimate of drug-likeness (QED) is 0.526. The molecule has 0 spiro atoms. The van der Waals surface area contributed by atoms with E-state index in [-0.39, 0.29) is 11.6 Å². The van der Waals surface area contributed by atoms with Crippen molar-refractivity contribution in [2.45, 2.75) is 52.4 Å². The van der Waals surface area contributed by atoms with Gasteiger partial charge in [-0.15, -0.1) is 0 Å². The average molecular weight is 334 g/mol. The molecule has 0 aromatic heterocycles. The van der Waals surface area contributed by atoms with E-state index in [9.17, 15) is 9.59 Å². The predicted octanol–water partition coefficient (Wildman–Crippen LogP) is 5.61. The van der Waals surface area contributed by atoms with Gasteiger partial charge in [0.1, 0.15) is 0 Å². The molecule has 0 saturated carbocycles. The zero-order chi connectivity index (χ0) is 17.8. The first-order valence-electron chi connectivity index (χ1n) is 9.47. The van der Waals surface area contributed by atoms with E-state index in [1.54, 1.807) is 18.2 Å². The van der Waals surface area contributed by atoms with Crippen LogP contribution in [0.25, 0.3) is 0 Å². The standard InChI is InChI=1S/C23H26O2/c1-3-5-6-10-16(4-2)15-17-11-9-14-20-21(17)23(25)19-13-8-7-12-18(19)22(20)24/h7-9,11-14,16H,3-6,10,15H2,1-2H3. The van der Waals surface area contributed by atoms with Crippen LogP contribution in [0.1, 0.15) is 83.4 Å². The van der Waals surface area contributed by atoms with E-state index in [1.807, 2.05) is 24.3 Å². The number of carbonyl (C=O) groups excluding carboxylic acids is 2. The van der Waals surface area contributed by atoms with Crippen LogP contribution in [0.5, 0.6) is 0 Å². The van der Waals surface area contributed by atoms with E-state index in [2.05, 4.69) is 13.8 Å². The zero-order valence-corrected chi connectivity index (χ0v) is 15.2. The van der Waals surface area contributed by atoms with Crippen LogP contribution in [0.2, 0.25) is 0 Å². The zero-order valence-electron chi connectivity index (χ0n) is 15.2. The number of hydrogen-bond acceptors (Lipinski definition) is 2. The van der Waals surface area contributed by atoms with Crippen molar-refractivity contribution in [3.8, 4) is 0 Å². The molecular formula is C23H26O2. The average Bonchev–Trinajstić information content (AvgIpc) is 2.65. The Bertz CT molecular complexity index is 788. The summed E-state index contributed by atoms with van der Waals surface area (Å²) in [6, 6.07) is 12.9. The van der Waals surface area contributed by atoms with Gasteiger partial charge in [0.2, 0.25) is 0 Å². The van der Waals surface area contributed by atoms with Gasteiger partial charge in [0.05, 0.1) is 0 Å². The van der Waals surface area contributed by atoms with Gasteiger partial charge in [-0.2, -0.15) is 0 Å². The molecule has 0 bridgehead atoms. The normalized spacial score (nSPS) is 14.2. The van der Waals surface area contributed by atoms with Crippen LogP contribution >= 0.6 is 0 Å². The van der Waals surface area contributed by atoms with Gasteiger partial charge in [-0.3, -0.25) is 9.59 Å². The largest absolute Gasteiger partial charge is 0.289 e. The fraction of sp³-hybridized carbons (Fsp3) is 0.391. The maximum Gasteiger partial charge on any atom is 0.194 e. The van der Waals surface area contributed by atoms with Gasteiger partial charge < -0.3 is 0 Å². The van der Waals surface area contributed by atoms with Crippen molar-refractivity contribution in [3.05, 3.63) is 70.3 Å². The lowest BCUT2D eigenvalue weighted by Gasteiger charge is -2.22. The summed E-state index contributed by atoms with van der Waals surface area (Å²) in [5.74, 6) is 0.549. The maximum absolute atomic E-state index is 13.1. The molecule has 2 aromatic rings. The first kappa shape index (κ1) is 17.6. The van der Waals surface area contributed by atoms with Crippen LogP contribution < -0.4 is 0 Å². The molecule has 0 saturated heterocycles. The van der Waals surface area contributed by atoms with Crippen molar-refractivity contribution in [2.24, 2.45) is 5.92 Å². The highest BCUT2D eigenvalue weighted by atomic mass is 16.1. The van der Waals surface area contributed by atoms with Crippen LogP contribution in [0, 0.1) is 5.92 Å². The highest BCUT2D eigenvalue weighted by molar-refractivity contribution is 6.28. The molecule has 2 aromatic carbocycles. The minimum atomic E-state index is -0.0221. The van der Waals surface area contributed by atoms with E-state index in [0.29, 0.717) is 28.2 Å². The minimum absolute atomic E-state index is 0.00390.